The van der Waals surface area contributed by atoms with Gasteiger partial charge in [-0.25, -0.2) is 0 Å². The third-order valence-electron chi connectivity index (χ3n) is 4.13. The predicted octanol–water partition coefficient (Wildman–Crippen LogP) is 4.05. The third kappa shape index (κ3) is 1.64. The standard InChI is InChI=1S/C18H16N2O/c1-2-11-20-15-6-4-3-5-14(15)17-12-9-10-19-18(21)13(12)7-8-16(17)20/h3-10H,2,11H2,1H3,(H,19,21). The molecule has 0 saturated heterocycles. The molecule has 0 radical (unpaired) electrons. The summed E-state index contributed by atoms with van der Waals surface area (Å²) in [5, 5.41) is 4.19. The summed E-state index contributed by atoms with van der Waals surface area (Å²) in [6.45, 7) is 3.17. The molecule has 4 rings (SSSR count). The second-order valence-corrected chi connectivity index (χ2v) is 5.40. The maximum absolute atomic E-state index is 12.0. The molecule has 0 amide bonds. The lowest BCUT2D eigenvalue weighted by Gasteiger charge is -2.05. The van der Waals surface area contributed by atoms with Crippen molar-refractivity contribution in [1.29, 1.82) is 0 Å². The minimum atomic E-state index is -0.0262. The van der Waals surface area contributed by atoms with Crippen LogP contribution in [-0.4, -0.2) is 9.55 Å². The zero-order valence-corrected chi connectivity index (χ0v) is 11.9. The fraction of sp³-hybridized carbons (Fsp3) is 0.167. The number of nitrogens with zero attached hydrogens (tertiary/aromatic N) is 1. The van der Waals surface area contributed by atoms with Crippen LogP contribution in [0.5, 0.6) is 0 Å². The van der Waals surface area contributed by atoms with Crippen molar-refractivity contribution in [2.45, 2.75) is 19.9 Å². The van der Waals surface area contributed by atoms with Crippen molar-refractivity contribution in [1.82, 2.24) is 9.55 Å². The first-order valence-electron chi connectivity index (χ1n) is 7.32. The molecular formula is C18H16N2O. The Morgan fingerprint density at radius 1 is 0.952 bits per heavy atom. The molecule has 2 aromatic carbocycles. The van der Waals surface area contributed by atoms with Gasteiger partial charge in [0.05, 0.1) is 0 Å². The monoisotopic (exact) mass is 276 g/mol. The van der Waals surface area contributed by atoms with Crippen LogP contribution in [0.2, 0.25) is 0 Å². The number of benzene rings is 2. The highest BCUT2D eigenvalue weighted by molar-refractivity contribution is 6.20. The zero-order valence-electron chi connectivity index (χ0n) is 11.9. The number of aromatic nitrogens is 2. The van der Waals surface area contributed by atoms with Crippen molar-refractivity contribution in [2.24, 2.45) is 0 Å². The van der Waals surface area contributed by atoms with Gasteiger partial charge in [0.15, 0.2) is 0 Å². The molecule has 0 aliphatic rings. The van der Waals surface area contributed by atoms with Gasteiger partial charge in [0.25, 0.3) is 5.56 Å². The van der Waals surface area contributed by atoms with Crippen LogP contribution in [0.4, 0.5) is 0 Å². The molecule has 0 bridgehead atoms. The first-order valence-corrected chi connectivity index (χ1v) is 7.32. The fourth-order valence-corrected chi connectivity index (χ4v) is 3.28. The smallest absolute Gasteiger partial charge is 0.255 e. The van der Waals surface area contributed by atoms with Crippen molar-refractivity contribution in [3.8, 4) is 0 Å². The van der Waals surface area contributed by atoms with E-state index in [1.807, 2.05) is 12.1 Å². The van der Waals surface area contributed by atoms with Gasteiger partial charge >= 0.3 is 0 Å². The van der Waals surface area contributed by atoms with Gasteiger partial charge in [-0.3, -0.25) is 4.79 Å². The number of H-pyrrole nitrogens is 1. The number of pyridine rings is 1. The molecule has 0 aliphatic heterocycles. The molecule has 0 saturated carbocycles. The minimum absolute atomic E-state index is 0.0262. The van der Waals surface area contributed by atoms with Gasteiger partial charge in [0.2, 0.25) is 0 Å². The number of hydrogen-bond acceptors (Lipinski definition) is 1. The molecule has 2 aromatic heterocycles. The van der Waals surface area contributed by atoms with Gasteiger partial charge in [-0.1, -0.05) is 25.1 Å². The normalized spacial score (nSPS) is 11.7. The Morgan fingerprint density at radius 2 is 1.81 bits per heavy atom. The van der Waals surface area contributed by atoms with E-state index in [0.717, 1.165) is 23.7 Å². The summed E-state index contributed by atoms with van der Waals surface area (Å²) in [5.41, 5.74) is 2.42. The van der Waals surface area contributed by atoms with E-state index in [2.05, 4.69) is 46.8 Å². The first-order chi connectivity index (χ1) is 10.3. The Morgan fingerprint density at radius 3 is 2.67 bits per heavy atom. The van der Waals surface area contributed by atoms with E-state index in [4.69, 9.17) is 0 Å². The molecule has 0 fully saturated rings. The molecule has 1 N–H and O–H groups in total. The van der Waals surface area contributed by atoms with Gasteiger partial charge < -0.3 is 9.55 Å². The number of para-hydroxylation sites is 1. The minimum Gasteiger partial charge on any atom is -0.340 e. The highest BCUT2D eigenvalue weighted by atomic mass is 16.1. The van der Waals surface area contributed by atoms with Gasteiger partial charge in [0.1, 0.15) is 0 Å². The molecule has 0 atom stereocenters. The maximum Gasteiger partial charge on any atom is 0.255 e. The van der Waals surface area contributed by atoms with E-state index in [0.29, 0.717) is 0 Å². The van der Waals surface area contributed by atoms with Crippen LogP contribution in [0.1, 0.15) is 13.3 Å². The zero-order chi connectivity index (χ0) is 14.4. The van der Waals surface area contributed by atoms with Crippen molar-refractivity contribution in [3.63, 3.8) is 0 Å². The molecule has 2 heterocycles. The average molecular weight is 276 g/mol. The molecule has 21 heavy (non-hydrogen) atoms. The fourth-order valence-electron chi connectivity index (χ4n) is 3.28. The quantitative estimate of drug-likeness (QED) is 0.589. The summed E-state index contributed by atoms with van der Waals surface area (Å²) in [4.78, 5) is 14.8. The van der Waals surface area contributed by atoms with Gasteiger partial charge in [-0.15, -0.1) is 0 Å². The summed E-state index contributed by atoms with van der Waals surface area (Å²) in [7, 11) is 0. The van der Waals surface area contributed by atoms with Crippen LogP contribution in [0.3, 0.4) is 0 Å². The molecule has 3 heteroatoms. The van der Waals surface area contributed by atoms with E-state index in [9.17, 15) is 4.79 Å². The Labute approximate surface area is 121 Å². The van der Waals surface area contributed by atoms with Crippen molar-refractivity contribution >= 4 is 32.6 Å². The highest BCUT2D eigenvalue weighted by Crippen LogP contribution is 2.33. The lowest BCUT2D eigenvalue weighted by atomic mass is 10.1. The van der Waals surface area contributed by atoms with Crippen LogP contribution in [0, 0.1) is 0 Å². The average Bonchev–Trinajstić information content (AvgIpc) is 2.83. The van der Waals surface area contributed by atoms with Crippen molar-refractivity contribution < 1.29 is 0 Å². The van der Waals surface area contributed by atoms with E-state index in [-0.39, 0.29) is 5.56 Å². The van der Waals surface area contributed by atoms with Crippen LogP contribution in [0.25, 0.3) is 32.6 Å². The third-order valence-corrected chi connectivity index (χ3v) is 4.13. The maximum atomic E-state index is 12.0. The number of fused-ring (bicyclic) bond motifs is 5. The van der Waals surface area contributed by atoms with Crippen molar-refractivity contribution in [2.75, 3.05) is 0 Å². The van der Waals surface area contributed by atoms with Crippen LogP contribution < -0.4 is 5.56 Å². The van der Waals surface area contributed by atoms with E-state index < -0.39 is 0 Å². The van der Waals surface area contributed by atoms with E-state index in [1.165, 1.54) is 21.8 Å². The Kier molecular flexibility index (Phi) is 2.61. The van der Waals surface area contributed by atoms with E-state index in [1.54, 1.807) is 6.20 Å². The van der Waals surface area contributed by atoms with E-state index >= 15 is 0 Å². The topological polar surface area (TPSA) is 37.8 Å². The number of aromatic amines is 1. The predicted molar refractivity (Wildman–Crippen MR) is 87.9 cm³/mol. The largest absolute Gasteiger partial charge is 0.340 e. The summed E-state index contributed by atoms with van der Waals surface area (Å²) < 4.78 is 2.35. The molecular weight excluding hydrogens is 260 g/mol. The number of aryl methyl sites for hydroxylation is 1. The lowest BCUT2D eigenvalue weighted by molar-refractivity contribution is 0.724. The van der Waals surface area contributed by atoms with Gasteiger partial charge in [0, 0.05) is 39.9 Å². The highest BCUT2D eigenvalue weighted by Gasteiger charge is 2.13. The summed E-state index contributed by atoms with van der Waals surface area (Å²) in [5.74, 6) is 0. The molecule has 104 valence electrons. The number of hydrogen-bond donors (Lipinski definition) is 1. The molecule has 0 aliphatic carbocycles. The van der Waals surface area contributed by atoms with Crippen LogP contribution in [-0.2, 0) is 6.54 Å². The van der Waals surface area contributed by atoms with Crippen molar-refractivity contribution in [3.05, 3.63) is 59.0 Å². The van der Waals surface area contributed by atoms with Crippen LogP contribution >= 0.6 is 0 Å². The Bertz CT molecular complexity index is 1020. The molecule has 4 aromatic rings. The summed E-state index contributed by atoms with van der Waals surface area (Å²) >= 11 is 0. The summed E-state index contributed by atoms with van der Waals surface area (Å²) in [6, 6.07) is 14.4. The summed E-state index contributed by atoms with van der Waals surface area (Å²) in [6.07, 6.45) is 2.82. The number of nitrogens with one attached hydrogen (secondary N) is 1. The molecule has 0 spiro atoms. The lowest BCUT2D eigenvalue weighted by Crippen LogP contribution is -2.04. The second kappa shape index (κ2) is 4.48. The number of rotatable bonds is 2. The SMILES string of the molecule is CCCn1c2ccccc2c2c3cc[nH]c(=O)c3ccc21. The van der Waals surface area contributed by atoms with Gasteiger partial charge in [-0.2, -0.15) is 0 Å². The van der Waals surface area contributed by atoms with Gasteiger partial charge in [-0.05, 0) is 36.1 Å². The molecule has 3 nitrogen and oxygen atoms in total. The van der Waals surface area contributed by atoms with Crippen LogP contribution in [0.15, 0.2) is 53.5 Å². The molecule has 0 unspecified atom stereocenters. The second-order valence-electron chi connectivity index (χ2n) is 5.40. The Hall–Kier alpha value is -2.55. The Balaban J connectivity index is 2.32. The first kappa shape index (κ1) is 12.2.